The average molecular weight is 188 g/mol. The molecule has 0 unspecified atom stereocenters. The Bertz CT molecular complexity index is 193. The Morgan fingerprint density at radius 3 is 2.31 bits per heavy atom. The number of nitrogens with one attached hydrogen (secondary N) is 2. The summed E-state index contributed by atoms with van der Waals surface area (Å²) in [6.45, 7) is 3.51. The van der Waals surface area contributed by atoms with Crippen molar-refractivity contribution in [3.63, 3.8) is 0 Å². The molecular formula is C7H16N4O2. The first-order chi connectivity index (χ1) is 5.99. The summed E-state index contributed by atoms with van der Waals surface area (Å²) in [6, 6.07) is -0.592. The van der Waals surface area contributed by atoms with Crippen LogP contribution in [0, 0.1) is 5.92 Å². The van der Waals surface area contributed by atoms with E-state index in [1.807, 2.05) is 19.3 Å². The van der Waals surface area contributed by atoms with Crippen LogP contribution in [-0.4, -0.2) is 24.4 Å². The van der Waals surface area contributed by atoms with Crippen LogP contribution in [0.5, 0.6) is 0 Å². The third-order valence-corrected chi connectivity index (χ3v) is 1.61. The van der Waals surface area contributed by atoms with Gasteiger partial charge in [-0.1, -0.05) is 13.8 Å². The summed E-state index contributed by atoms with van der Waals surface area (Å²) in [5.41, 5.74) is 7.41. The Balaban J connectivity index is 3.81. The number of carbonyl (C=O) groups excluding carboxylic acids is 2. The minimum absolute atomic E-state index is 0.0425. The SMILES string of the molecule is CC(C)[C@H](N)C(=O)NCC(=O)NN. The van der Waals surface area contributed by atoms with Gasteiger partial charge in [-0.05, 0) is 5.92 Å². The topological polar surface area (TPSA) is 110 Å². The van der Waals surface area contributed by atoms with Gasteiger partial charge in [0.1, 0.15) is 0 Å². The molecule has 0 aromatic heterocycles. The lowest BCUT2D eigenvalue weighted by Gasteiger charge is -2.14. The van der Waals surface area contributed by atoms with E-state index in [2.05, 4.69) is 5.32 Å². The van der Waals surface area contributed by atoms with Crippen LogP contribution in [0.15, 0.2) is 0 Å². The number of hydrazine groups is 1. The Kier molecular flexibility index (Phi) is 5.01. The number of carbonyl (C=O) groups is 2. The largest absolute Gasteiger partial charge is 0.346 e. The first kappa shape index (κ1) is 11.9. The van der Waals surface area contributed by atoms with Crippen molar-refractivity contribution < 1.29 is 9.59 Å². The zero-order valence-electron chi connectivity index (χ0n) is 7.83. The van der Waals surface area contributed by atoms with Crippen molar-refractivity contribution >= 4 is 11.8 Å². The fourth-order valence-corrected chi connectivity index (χ4v) is 0.639. The van der Waals surface area contributed by atoms with Crippen LogP contribution in [0.1, 0.15) is 13.8 Å². The zero-order valence-corrected chi connectivity index (χ0v) is 7.83. The molecule has 0 bridgehead atoms. The van der Waals surface area contributed by atoms with Crippen LogP contribution in [0.3, 0.4) is 0 Å². The van der Waals surface area contributed by atoms with E-state index in [9.17, 15) is 9.59 Å². The fourth-order valence-electron chi connectivity index (χ4n) is 0.639. The van der Waals surface area contributed by atoms with Gasteiger partial charge in [0.05, 0.1) is 12.6 Å². The molecule has 2 amide bonds. The van der Waals surface area contributed by atoms with E-state index in [0.717, 1.165) is 0 Å². The first-order valence-corrected chi connectivity index (χ1v) is 4.01. The van der Waals surface area contributed by atoms with Crippen molar-refractivity contribution in [1.29, 1.82) is 0 Å². The first-order valence-electron chi connectivity index (χ1n) is 4.01. The predicted molar refractivity (Wildman–Crippen MR) is 48.2 cm³/mol. The molecule has 6 nitrogen and oxygen atoms in total. The molecule has 6 heteroatoms. The van der Waals surface area contributed by atoms with Gasteiger partial charge in [-0.3, -0.25) is 15.0 Å². The molecule has 0 fully saturated rings. The summed E-state index contributed by atoms with van der Waals surface area (Å²) in [6.07, 6.45) is 0. The summed E-state index contributed by atoms with van der Waals surface area (Å²) in [5, 5.41) is 2.36. The Hall–Kier alpha value is -1.14. The monoisotopic (exact) mass is 188 g/mol. The Morgan fingerprint density at radius 2 is 1.92 bits per heavy atom. The molecule has 0 radical (unpaired) electrons. The van der Waals surface area contributed by atoms with Gasteiger partial charge < -0.3 is 11.1 Å². The van der Waals surface area contributed by atoms with Gasteiger partial charge in [-0.25, -0.2) is 5.84 Å². The molecule has 76 valence electrons. The van der Waals surface area contributed by atoms with Crippen molar-refractivity contribution in [2.45, 2.75) is 19.9 Å². The molecule has 0 rings (SSSR count). The van der Waals surface area contributed by atoms with Crippen molar-refractivity contribution in [3.05, 3.63) is 0 Å². The van der Waals surface area contributed by atoms with E-state index in [1.165, 1.54) is 0 Å². The number of hydrogen-bond acceptors (Lipinski definition) is 4. The maximum atomic E-state index is 11.1. The van der Waals surface area contributed by atoms with Crippen LogP contribution >= 0.6 is 0 Å². The number of hydrogen-bond donors (Lipinski definition) is 4. The van der Waals surface area contributed by atoms with Crippen LogP contribution < -0.4 is 22.3 Å². The van der Waals surface area contributed by atoms with E-state index in [4.69, 9.17) is 11.6 Å². The molecule has 1 atom stereocenters. The van der Waals surface area contributed by atoms with Crippen molar-refractivity contribution in [3.8, 4) is 0 Å². The van der Waals surface area contributed by atoms with E-state index >= 15 is 0 Å². The van der Waals surface area contributed by atoms with Gasteiger partial charge in [-0.2, -0.15) is 0 Å². The minimum Gasteiger partial charge on any atom is -0.346 e. The summed E-state index contributed by atoms with van der Waals surface area (Å²) in [4.78, 5) is 21.8. The highest BCUT2D eigenvalue weighted by Crippen LogP contribution is 1.96. The zero-order chi connectivity index (χ0) is 10.4. The highest BCUT2D eigenvalue weighted by Gasteiger charge is 2.16. The van der Waals surface area contributed by atoms with Crippen molar-refractivity contribution in [2.24, 2.45) is 17.5 Å². The summed E-state index contributed by atoms with van der Waals surface area (Å²) < 4.78 is 0. The third-order valence-electron chi connectivity index (χ3n) is 1.61. The van der Waals surface area contributed by atoms with Gasteiger partial charge in [0.25, 0.3) is 5.91 Å². The van der Waals surface area contributed by atoms with Crippen LogP contribution in [0.25, 0.3) is 0 Å². The highest BCUT2D eigenvalue weighted by atomic mass is 16.2. The number of rotatable bonds is 4. The number of amides is 2. The predicted octanol–water partition coefficient (Wildman–Crippen LogP) is -1.92. The van der Waals surface area contributed by atoms with E-state index in [1.54, 1.807) is 0 Å². The second-order valence-corrected chi connectivity index (χ2v) is 3.06. The number of nitrogens with two attached hydrogens (primary N) is 2. The molecule has 0 aromatic rings. The van der Waals surface area contributed by atoms with Gasteiger partial charge in [-0.15, -0.1) is 0 Å². The van der Waals surface area contributed by atoms with Crippen LogP contribution in [0.4, 0.5) is 0 Å². The molecule has 0 aliphatic carbocycles. The molecule has 6 N–H and O–H groups in total. The second kappa shape index (κ2) is 5.50. The van der Waals surface area contributed by atoms with Gasteiger partial charge >= 0.3 is 0 Å². The van der Waals surface area contributed by atoms with E-state index in [0.29, 0.717) is 0 Å². The lowest BCUT2D eigenvalue weighted by Crippen LogP contribution is -2.48. The van der Waals surface area contributed by atoms with E-state index in [-0.39, 0.29) is 18.4 Å². The molecule has 0 saturated carbocycles. The van der Waals surface area contributed by atoms with E-state index < -0.39 is 11.9 Å². The lowest BCUT2D eigenvalue weighted by molar-refractivity contribution is -0.127. The minimum atomic E-state index is -0.592. The average Bonchev–Trinajstić information content (AvgIpc) is 2.11. The smallest absolute Gasteiger partial charge is 0.253 e. The molecule has 0 heterocycles. The standard InChI is InChI=1S/C7H16N4O2/c1-4(2)6(8)7(13)10-3-5(12)11-9/h4,6H,3,8-9H2,1-2H3,(H,10,13)(H,11,12)/t6-/m0/s1. The molecule has 0 aromatic carbocycles. The summed E-state index contributed by atoms with van der Waals surface area (Å²) in [7, 11) is 0. The molecule has 0 aliphatic heterocycles. The summed E-state index contributed by atoms with van der Waals surface area (Å²) in [5.74, 6) is 4.05. The normalized spacial score (nSPS) is 12.4. The van der Waals surface area contributed by atoms with Gasteiger partial charge in [0.15, 0.2) is 0 Å². The van der Waals surface area contributed by atoms with Crippen LogP contribution in [-0.2, 0) is 9.59 Å². The maximum Gasteiger partial charge on any atom is 0.253 e. The molecule has 0 aliphatic rings. The highest BCUT2D eigenvalue weighted by molar-refractivity contribution is 5.87. The Labute approximate surface area is 77.0 Å². The van der Waals surface area contributed by atoms with Gasteiger partial charge in [0, 0.05) is 0 Å². The Morgan fingerprint density at radius 1 is 1.38 bits per heavy atom. The van der Waals surface area contributed by atoms with Crippen LogP contribution in [0.2, 0.25) is 0 Å². The lowest BCUT2D eigenvalue weighted by atomic mass is 10.1. The summed E-state index contributed by atoms with van der Waals surface area (Å²) >= 11 is 0. The molecule has 0 spiro atoms. The quantitative estimate of drug-likeness (QED) is 0.234. The molecule has 13 heavy (non-hydrogen) atoms. The van der Waals surface area contributed by atoms with Gasteiger partial charge in [0.2, 0.25) is 5.91 Å². The second-order valence-electron chi connectivity index (χ2n) is 3.06. The maximum absolute atomic E-state index is 11.1. The van der Waals surface area contributed by atoms with Crippen molar-refractivity contribution in [2.75, 3.05) is 6.54 Å². The van der Waals surface area contributed by atoms with Crippen molar-refractivity contribution in [1.82, 2.24) is 10.7 Å². The molecule has 0 saturated heterocycles. The third kappa shape index (κ3) is 4.44. The molecular weight excluding hydrogens is 172 g/mol. The fraction of sp³-hybridized carbons (Fsp3) is 0.714.